The molecule has 0 fully saturated rings. The molecule has 2 amide bonds. The summed E-state index contributed by atoms with van der Waals surface area (Å²) < 4.78 is 20.7. The van der Waals surface area contributed by atoms with Gasteiger partial charge in [-0.1, -0.05) is 26.0 Å². The molecule has 2 aromatic carbocycles. The molecule has 0 bridgehead atoms. The molecule has 0 saturated carbocycles. The molecule has 0 aliphatic carbocycles. The Kier molecular flexibility index (Phi) is 7.91. The fourth-order valence-corrected chi connectivity index (χ4v) is 2.98. The van der Waals surface area contributed by atoms with Crippen molar-refractivity contribution in [3.05, 3.63) is 54.1 Å². The summed E-state index contributed by atoms with van der Waals surface area (Å²) in [5.41, 5.74) is 1.28. The number of anilines is 1. The zero-order chi connectivity index (χ0) is 23.8. The summed E-state index contributed by atoms with van der Waals surface area (Å²) in [6, 6.07) is 11.2. The molecule has 2 aromatic rings. The van der Waals surface area contributed by atoms with Crippen LogP contribution in [-0.2, 0) is 19.1 Å². The van der Waals surface area contributed by atoms with E-state index in [2.05, 4.69) is 10.6 Å². The topological polar surface area (TPSA) is 112 Å². The second kappa shape index (κ2) is 11.0. The van der Waals surface area contributed by atoms with Crippen molar-refractivity contribution >= 4 is 29.5 Å². The Hall–Kier alpha value is -4.01. The Morgan fingerprint density at radius 1 is 1.06 bits per heavy atom. The largest absolute Gasteiger partial charge is 0.497 e. The molecule has 0 saturated heterocycles. The molecular weight excluding hydrogens is 428 g/mol. The second-order valence-corrected chi connectivity index (χ2v) is 7.56. The van der Waals surface area contributed by atoms with Crippen molar-refractivity contribution in [3.63, 3.8) is 0 Å². The molecule has 9 nitrogen and oxygen atoms in total. The number of esters is 1. The van der Waals surface area contributed by atoms with Crippen molar-refractivity contribution in [2.45, 2.75) is 19.9 Å². The fraction of sp³-hybridized carbons (Fsp3) is 0.292. The molecule has 9 heteroatoms. The first-order valence-corrected chi connectivity index (χ1v) is 10.3. The van der Waals surface area contributed by atoms with Gasteiger partial charge in [0.05, 0.1) is 7.11 Å². The third-order valence-corrected chi connectivity index (χ3v) is 4.76. The lowest BCUT2D eigenvalue weighted by Gasteiger charge is -2.20. The van der Waals surface area contributed by atoms with Crippen LogP contribution in [0.5, 0.6) is 17.2 Å². The van der Waals surface area contributed by atoms with Gasteiger partial charge in [0, 0.05) is 17.8 Å². The number of amides is 2. The maximum Gasteiger partial charge on any atom is 0.329 e. The summed E-state index contributed by atoms with van der Waals surface area (Å²) in [5.74, 6) is -0.0839. The van der Waals surface area contributed by atoms with Crippen LogP contribution in [0.25, 0.3) is 6.08 Å². The highest BCUT2D eigenvalue weighted by molar-refractivity contribution is 5.96. The van der Waals surface area contributed by atoms with Crippen LogP contribution in [0.15, 0.2) is 48.5 Å². The van der Waals surface area contributed by atoms with Crippen LogP contribution in [0.1, 0.15) is 19.4 Å². The van der Waals surface area contributed by atoms with Crippen LogP contribution in [-0.4, -0.2) is 44.3 Å². The molecule has 1 aliphatic heterocycles. The third-order valence-electron chi connectivity index (χ3n) is 4.76. The van der Waals surface area contributed by atoms with Crippen LogP contribution in [0.4, 0.5) is 5.69 Å². The lowest BCUT2D eigenvalue weighted by molar-refractivity contribution is -0.151. The van der Waals surface area contributed by atoms with E-state index in [9.17, 15) is 14.4 Å². The summed E-state index contributed by atoms with van der Waals surface area (Å²) in [6.45, 7) is 3.17. The van der Waals surface area contributed by atoms with Gasteiger partial charge in [-0.05, 0) is 41.8 Å². The van der Waals surface area contributed by atoms with Gasteiger partial charge in [0.2, 0.25) is 12.7 Å². The zero-order valence-corrected chi connectivity index (χ0v) is 18.6. The predicted octanol–water partition coefficient (Wildman–Crippen LogP) is 2.76. The molecule has 1 heterocycles. The van der Waals surface area contributed by atoms with Crippen molar-refractivity contribution in [1.29, 1.82) is 0 Å². The zero-order valence-electron chi connectivity index (χ0n) is 18.6. The Labute approximate surface area is 191 Å². The quantitative estimate of drug-likeness (QED) is 0.443. The van der Waals surface area contributed by atoms with Gasteiger partial charge in [0.25, 0.3) is 5.91 Å². The molecule has 1 unspecified atom stereocenters. The van der Waals surface area contributed by atoms with Gasteiger partial charge in [-0.2, -0.15) is 0 Å². The minimum Gasteiger partial charge on any atom is -0.497 e. The first-order chi connectivity index (χ1) is 15.9. The number of benzene rings is 2. The molecule has 3 rings (SSSR count). The number of rotatable bonds is 9. The lowest BCUT2D eigenvalue weighted by atomic mass is 10.0. The molecule has 0 radical (unpaired) electrons. The van der Waals surface area contributed by atoms with E-state index in [1.165, 1.54) is 6.08 Å². The number of fused-ring (bicyclic) bond motifs is 1. The molecule has 1 atom stereocenters. The maximum atomic E-state index is 12.5. The van der Waals surface area contributed by atoms with Gasteiger partial charge in [-0.15, -0.1) is 0 Å². The summed E-state index contributed by atoms with van der Waals surface area (Å²) in [5, 5.41) is 5.25. The molecule has 0 spiro atoms. The number of carbonyl (C=O) groups excluding carboxylic acids is 3. The fourth-order valence-electron chi connectivity index (χ4n) is 2.98. The van der Waals surface area contributed by atoms with Gasteiger partial charge in [-0.3, -0.25) is 9.59 Å². The maximum absolute atomic E-state index is 12.5. The number of carbonyl (C=O) groups is 3. The Bertz CT molecular complexity index is 1030. The van der Waals surface area contributed by atoms with Crippen molar-refractivity contribution < 1.29 is 33.3 Å². The van der Waals surface area contributed by atoms with Crippen LogP contribution >= 0.6 is 0 Å². The number of methoxy groups -OCH3 is 1. The summed E-state index contributed by atoms with van der Waals surface area (Å²) in [4.78, 5) is 37.0. The van der Waals surface area contributed by atoms with E-state index >= 15 is 0 Å². The highest BCUT2D eigenvalue weighted by Gasteiger charge is 2.26. The molecule has 174 valence electrons. The second-order valence-electron chi connectivity index (χ2n) is 7.56. The van der Waals surface area contributed by atoms with Gasteiger partial charge in [0.1, 0.15) is 11.8 Å². The van der Waals surface area contributed by atoms with E-state index < -0.39 is 30.4 Å². The Morgan fingerprint density at radius 2 is 1.79 bits per heavy atom. The lowest BCUT2D eigenvalue weighted by Crippen LogP contribution is -2.45. The molecule has 33 heavy (non-hydrogen) atoms. The van der Waals surface area contributed by atoms with Crippen LogP contribution < -0.4 is 24.8 Å². The molecule has 1 aliphatic rings. The minimum atomic E-state index is -0.906. The smallest absolute Gasteiger partial charge is 0.329 e. The number of hydrogen-bond donors (Lipinski definition) is 2. The number of hydrogen-bond acceptors (Lipinski definition) is 7. The number of nitrogens with one attached hydrogen (secondary N) is 2. The highest BCUT2D eigenvalue weighted by Crippen LogP contribution is 2.34. The van der Waals surface area contributed by atoms with E-state index in [-0.39, 0.29) is 12.7 Å². The first kappa shape index (κ1) is 23.6. The van der Waals surface area contributed by atoms with Crippen molar-refractivity contribution in [2.24, 2.45) is 5.92 Å². The average Bonchev–Trinajstić information content (AvgIpc) is 3.27. The number of ether oxygens (including phenoxy) is 4. The Morgan fingerprint density at radius 3 is 2.48 bits per heavy atom. The van der Waals surface area contributed by atoms with E-state index in [4.69, 9.17) is 18.9 Å². The molecule has 0 aromatic heterocycles. The van der Waals surface area contributed by atoms with E-state index in [0.717, 1.165) is 5.56 Å². The summed E-state index contributed by atoms with van der Waals surface area (Å²) in [6.07, 6.45) is 2.95. The summed E-state index contributed by atoms with van der Waals surface area (Å²) in [7, 11) is 1.57. The third kappa shape index (κ3) is 6.73. The standard InChI is InChI=1S/C24H26N2O7/c1-15(2)23(26-21(27)11-6-16-4-8-18(30-3)9-5-16)24(29)31-13-22(28)25-17-7-10-19-20(12-17)33-14-32-19/h4-12,15,23H,13-14H2,1-3H3,(H,25,28)(H,26,27)/b11-6+. The van der Waals surface area contributed by atoms with Gasteiger partial charge in [-0.25, -0.2) is 4.79 Å². The van der Waals surface area contributed by atoms with Crippen LogP contribution in [0, 0.1) is 5.92 Å². The summed E-state index contributed by atoms with van der Waals surface area (Å²) >= 11 is 0. The van der Waals surface area contributed by atoms with Gasteiger partial charge in [0.15, 0.2) is 18.1 Å². The van der Waals surface area contributed by atoms with Crippen molar-refractivity contribution in [1.82, 2.24) is 5.32 Å². The van der Waals surface area contributed by atoms with E-state index in [0.29, 0.717) is 22.9 Å². The van der Waals surface area contributed by atoms with Crippen molar-refractivity contribution in [2.75, 3.05) is 25.8 Å². The predicted molar refractivity (Wildman–Crippen MR) is 121 cm³/mol. The van der Waals surface area contributed by atoms with E-state index in [1.807, 2.05) is 0 Å². The first-order valence-electron chi connectivity index (χ1n) is 10.3. The monoisotopic (exact) mass is 454 g/mol. The van der Waals surface area contributed by atoms with Crippen LogP contribution in [0.3, 0.4) is 0 Å². The van der Waals surface area contributed by atoms with Crippen molar-refractivity contribution in [3.8, 4) is 17.2 Å². The Balaban J connectivity index is 1.49. The minimum absolute atomic E-state index is 0.127. The van der Waals surface area contributed by atoms with Crippen LogP contribution in [0.2, 0.25) is 0 Å². The SMILES string of the molecule is COc1ccc(/C=C/C(=O)NC(C(=O)OCC(=O)Nc2ccc3c(c2)OCO3)C(C)C)cc1. The van der Waals surface area contributed by atoms with Gasteiger partial charge >= 0.3 is 5.97 Å². The van der Waals surface area contributed by atoms with Gasteiger partial charge < -0.3 is 29.6 Å². The highest BCUT2D eigenvalue weighted by atomic mass is 16.7. The molecular formula is C24H26N2O7. The molecule has 2 N–H and O–H groups in total. The van der Waals surface area contributed by atoms with E-state index in [1.54, 1.807) is 69.5 Å². The average molecular weight is 454 g/mol. The normalized spacial score (nSPS) is 13.0.